The van der Waals surface area contributed by atoms with Crippen molar-refractivity contribution in [2.24, 2.45) is 0 Å². The quantitative estimate of drug-likeness (QED) is 0.460. The smallest absolute Gasteiger partial charge is 0.344 e. The number of ether oxygens (including phenoxy) is 1. The van der Waals surface area contributed by atoms with Crippen LogP contribution in [0.25, 0.3) is 22.2 Å². The number of nitrogen functional groups attached to an aromatic ring is 1. The van der Waals surface area contributed by atoms with Crippen molar-refractivity contribution < 1.29 is 9.53 Å². The van der Waals surface area contributed by atoms with Gasteiger partial charge < -0.3 is 15.0 Å². The van der Waals surface area contributed by atoms with Gasteiger partial charge in [-0.2, -0.15) is 0 Å². The maximum atomic E-state index is 12.8. The second kappa shape index (κ2) is 8.37. The summed E-state index contributed by atoms with van der Waals surface area (Å²) in [6.07, 6.45) is 5.01. The van der Waals surface area contributed by atoms with Gasteiger partial charge in [-0.15, -0.1) is 0 Å². The number of unbranched alkanes of at least 4 members (excludes halogenated alkanes) is 3. The number of anilines is 1. The molecule has 0 saturated carbocycles. The van der Waals surface area contributed by atoms with E-state index in [-0.39, 0.29) is 6.10 Å². The van der Waals surface area contributed by atoms with E-state index >= 15 is 0 Å². The third-order valence-electron chi connectivity index (χ3n) is 4.91. The molecule has 0 unspecified atom stereocenters. The molecule has 1 atom stereocenters. The molecule has 0 radical (unpaired) electrons. The average Bonchev–Trinajstić information content (AvgIpc) is 2.94. The molecule has 144 valence electrons. The van der Waals surface area contributed by atoms with E-state index in [1.54, 1.807) is 0 Å². The Hall–Kier alpha value is -2.63. The zero-order valence-electron chi connectivity index (χ0n) is 16.4. The van der Waals surface area contributed by atoms with Gasteiger partial charge in [0, 0.05) is 6.54 Å². The molecule has 0 bridgehead atoms. The highest BCUT2D eigenvalue weighted by Gasteiger charge is 2.25. The molecule has 1 aromatic carbocycles. The molecule has 2 N–H and O–H groups in total. The van der Waals surface area contributed by atoms with Gasteiger partial charge in [0.15, 0.2) is 5.65 Å². The Bertz CT molecular complexity index is 948. The maximum Gasteiger partial charge on any atom is 0.344 e. The number of nitrogens with two attached hydrogens (primary N) is 1. The summed E-state index contributed by atoms with van der Waals surface area (Å²) >= 11 is 0. The lowest BCUT2D eigenvalue weighted by Gasteiger charge is -2.11. The second-order valence-electron chi connectivity index (χ2n) is 6.98. The van der Waals surface area contributed by atoms with Crippen molar-refractivity contribution in [3.8, 4) is 0 Å². The van der Waals surface area contributed by atoms with Crippen LogP contribution in [-0.2, 0) is 11.3 Å². The molecule has 0 saturated heterocycles. The average molecular weight is 368 g/mol. The molecule has 0 aliphatic heterocycles. The molecule has 2 heterocycles. The summed E-state index contributed by atoms with van der Waals surface area (Å²) in [6.45, 7) is 6.75. The Labute approximate surface area is 159 Å². The molecule has 0 fully saturated rings. The summed E-state index contributed by atoms with van der Waals surface area (Å²) in [7, 11) is 0. The fraction of sp³-hybridized carbons (Fsp3) is 0.476. The third kappa shape index (κ3) is 3.89. The predicted molar refractivity (Wildman–Crippen MR) is 109 cm³/mol. The van der Waals surface area contributed by atoms with Gasteiger partial charge in [-0.05, 0) is 31.9 Å². The summed E-state index contributed by atoms with van der Waals surface area (Å²) in [4.78, 5) is 22.2. The predicted octanol–water partition coefficient (Wildman–Crippen LogP) is 4.70. The first-order chi connectivity index (χ1) is 13.1. The van der Waals surface area contributed by atoms with Crippen LogP contribution in [0.1, 0.15) is 63.2 Å². The highest BCUT2D eigenvalue weighted by Crippen LogP contribution is 2.29. The van der Waals surface area contributed by atoms with Crippen LogP contribution in [0, 0.1) is 0 Å². The molecule has 3 rings (SSSR count). The minimum Gasteiger partial charge on any atom is -0.459 e. The number of aromatic nitrogens is 3. The van der Waals surface area contributed by atoms with E-state index in [4.69, 9.17) is 20.4 Å². The van der Waals surface area contributed by atoms with Crippen molar-refractivity contribution in [1.29, 1.82) is 0 Å². The number of esters is 1. The van der Waals surface area contributed by atoms with Gasteiger partial charge in [-0.1, -0.05) is 45.2 Å². The lowest BCUT2D eigenvalue weighted by Crippen LogP contribution is -2.16. The number of hydrogen-bond donors (Lipinski definition) is 1. The Morgan fingerprint density at radius 2 is 1.85 bits per heavy atom. The zero-order chi connectivity index (χ0) is 19.4. The summed E-state index contributed by atoms with van der Waals surface area (Å²) in [5.41, 5.74) is 9.43. The van der Waals surface area contributed by atoms with Crippen molar-refractivity contribution in [1.82, 2.24) is 14.5 Å². The highest BCUT2D eigenvalue weighted by molar-refractivity contribution is 6.08. The van der Waals surface area contributed by atoms with Crippen LogP contribution in [0.2, 0.25) is 0 Å². The number of rotatable bonds is 8. The van der Waals surface area contributed by atoms with Crippen LogP contribution in [0.3, 0.4) is 0 Å². The molecule has 6 heteroatoms. The molecule has 0 spiro atoms. The van der Waals surface area contributed by atoms with Gasteiger partial charge in [0.05, 0.1) is 17.1 Å². The van der Waals surface area contributed by atoms with Crippen molar-refractivity contribution in [3.05, 3.63) is 29.8 Å². The maximum absolute atomic E-state index is 12.8. The van der Waals surface area contributed by atoms with Crippen LogP contribution < -0.4 is 5.73 Å². The Morgan fingerprint density at radius 3 is 2.52 bits per heavy atom. The van der Waals surface area contributed by atoms with Gasteiger partial charge >= 0.3 is 5.97 Å². The molecular weight excluding hydrogens is 340 g/mol. The monoisotopic (exact) mass is 368 g/mol. The van der Waals surface area contributed by atoms with E-state index in [1.165, 1.54) is 12.8 Å². The highest BCUT2D eigenvalue weighted by atomic mass is 16.5. The molecule has 0 aliphatic carbocycles. The number of carbonyl (C=O) groups is 1. The number of aryl methyl sites for hydroxylation is 1. The van der Waals surface area contributed by atoms with E-state index in [0.717, 1.165) is 30.3 Å². The fourth-order valence-electron chi connectivity index (χ4n) is 3.17. The van der Waals surface area contributed by atoms with Crippen LogP contribution in [-0.4, -0.2) is 26.6 Å². The van der Waals surface area contributed by atoms with E-state index in [1.807, 2.05) is 42.7 Å². The number of para-hydroxylation sites is 2. The first kappa shape index (κ1) is 19.1. The Kier molecular flexibility index (Phi) is 5.94. The lowest BCUT2D eigenvalue weighted by atomic mass is 10.2. The standard InChI is InChI=1S/C21H28N4O2/c1-4-6-7-10-13-25-19(22)17(21(26)27-14(3)5-2)18-20(25)24-16-12-9-8-11-15(16)23-18/h8-9,11-12,14H,4-7,10,13,22H2,1-3H3/t14-/m0/s1. The van der Waals surface area contributed by atoms with Crippen LogP contribution >= 0.6 is 0 Å². The first-order valence-corrected chi connectivity index (χ1v) is 9.82. The van der Waals surface area contributed by atoms with Crippen molar-refractivity contribution in [3.63, 3.8) is 0 Å². The Morgan fingerprint density at radius 1 is 1.15 bits per heavy atom. The van der Waals surface area contributed by atoms with Crippen LogP contribution in [0.5, 0.6) is 0 Å². The lowest BCUT2D eigenvalue weighted by molar-refractivity contribution is 0.0338. The topological polar surface area (TPSA) is 83.0 Å². The van der Waals surface area contributed by atoms with Gasteiger partial charge in [0.2, 0.25) is 0 Å². The Balaban J connectivity index is 2.10. The van der Waals surface area contributed by atoms with E-state index in [2.05, 4.69) is 6.92 Å². The van der Waals surface area contributed by atoms with E-state index in [0.29, 0.717) is 29.1 Å². The molecule has 6 nitrogen and oxygen atoms in total. The number of carbonyl (C=O) groups excluding carboxylic acids is 1. The third-order valence-corrected chi connectivity index (χ3v) is 4.91. The number of fused-ring (bicyclic) bond motifs is 2. The molecule has 0 amide bonds. The van der Waals surface area contributed by atoms with Crippen LogP contribution in [0.15, 0.2) is 24.3 Å². The zero-order valence-corrected chi connectivity index (χ0v) is 16.4. The normalized spacial score (nSPS) is 12.6. The van der Waals surface area contributed by atoms with E-state index < -0.39 is 5.97 Å². The molecule has 3 aromatic rings. The van der Waals surface area contributed by atoms with Crippen LogP contribution in [0.4, 0.5) is 5.82 Å². The number of nitrogens with zero attached hydrogens (tertiary/aromatic N) is 3. The van der Waals surface area contributed by atoms with Gasteiger partial charge in [0.25, 0.3) is 0 Å². The molecule has 27 heavy (non-hydrogen) atoms. The minimum absolute atomic E-state index is 0.173. The fourth-order valence-corrected chi connectivity index (χ4v) is 3.17. The van der Waals surface area contributed by atoms with Gasteiger partial charge in [0.1, 0.15) is 16.9 Å². The number of benzene rings is 1. The second-order valence-corrected chi connectivity index (χ2v) is 6.98. The summed E-state index contributed by atoms with van der Waals surface area (Å²) < 4.78 is 7.46. The van der Waals surface area contributed by atoms with Gasteiger partial charge in [-0.3, -0.25) is 0 Å². The van der Waals surface area contributed by atoms with Crippen molar-refractivity contribution in [2.75, 3.05) is 5.73 Å². The number of hydrogen-bond acceptors (Lipinski definition) is 5. The van der Waals surface area contributed by atoms with Crippen molar-refractivity contribution >= 4 is 34.0 Å². The summed E-state index contributed by atoms with van der Waals surface area (Å²) in [6, 6.07) is 7.65. The largest absolute Gasteiger partial charge is 0.459 e. The SMILES string of the molecule is CCCCCCn1c(N)c(C(=O)O[C@@H](C)CC)c2nc3ccccc3nc21. The molecule has 0 aliphatic rings. The summed E-state index contributed by atoms with van der Waals surface area (Å²) in [5, 5.41) is 0. The summed E-state index contributed by atoms with van der Waals surface area (Å²) in [5.74, 6) is -0.0335. The van der Waals surface area contributed by atoms with Gasteiger partial charge in [-0.25, -0.2) is 14.8 Å². The first-order valence-electron chi connectivity index (χ1n) is 9.82. The molecular formula is C21H28N4O2. The molecule has 2 aromatic heterocycles. The van der Waals surface area contributed by atoms with E-state index in [9.17, 15) is 4.79 Å². The van der Waals surface area contributed by atoms with Crippen molar-refractivity contribution in [2.45, 2.75) is 65.5 Å². The minimum atomic E-state index is -0.427.